The lowest BCUT2D eigenvalue weighted by Gasteiger charge is -2.52. The van der Waals surface area contributed by atoms with Gasteiger partial charge in [-0.2, -0.15) is 0 Å². The molecule has 0 aliphatic carbocycles. The van der Waals surface area contributed by atoms with Gasteiger partial charge >= 0.3 is 0 Å². The van der Waals surface area contributed by atoms with Gasteiger partial charge in [-0.05, 0) is 33.7 Å². The molecule has 0 aromatic rings. The molecule has 0 radical (unpaired) electrons. The second kappa shape index (κ2) is 5.31. The first-order chi connectivity index (χ1) is 8.80. The Bertz CT molecular complexity index is 414. The highest BCUT2D eigenvalue weighted by Gasteiger charge is 2.45. The van der Waals surface area contributed by atoms with E-state index in [2.05, 4.69) is 30.7 Å². The monoisotopic (exact) mass is 289 g/mol. The summed E-state index contributed by atoms with van der Waals surface area (Å²) in [4.78, 5) is 4.71. The molecule has 0 bridgehead atoms. The maximum absolute atomic E-state index is 12.0. The van der Waals surface area contributed by atoms with Crippen LogP contribution in [-0.2, 0) is 9.84 Å². The molecule has 2 N–H and O–H groups in total. The van der Waals surface area contributed by atoms with E-state index in [1.165, 1.54) is 0 Å². The Morgan fingerprint density at radius 2 is 1.84 bits per heavy atom. The second-order valence-electron chi connectivity index (χ2n) is 6.39. The molecule has 0 spiro atoms. The van der Waals surface area contributed by atoms with Crippen molar-refractivity contribution in [2.45, 2.75) is 44.3 Å². The minimum absolute atomic E-state index is 0.236. The number of nitrogens with zero attached hydrogens (tertiary/aromatic N) is 2. The third-order valence-electron chi connectivity index (χ3n) is 5.00. The summed E-state index contributed by atoms with van der Waals surface area (Å²) in [5.74, 6) is 0.563. The van der Waals surface area contributed by atoms with Gasteiger partial charge in [0.25, 0.3) is 0 Å². The van der Waals surface area contributed by atoms with E-state index in [9.17, 15) is 8.42 Å². The largest absolute Gasteiger partial charge is 0.329 e. The molecule has 0 aromatic heterocycles. The summed E-state index contributed by atoms with van der Waals surface area (Å²) in [6, 6.07) is 0.883. The van der Waals surface area contributed by atoms with E-state index in [4.69, 9.17) is 5.73 Å². The van der Waals surface area contributed by atoms with Gasteiger partial charge in [0.1, 0.15) is 0 Å². The van der Waals surface area contributed by atoms with Crippen LogP contribution < -0.4 is 5.73 Å². The summed E-state index contributed by atoms with van der Waals surface area (Å²) >= 11 is 0. The van der Waals surface area contributed by atoms with Crippen LogP contribution in [0.5, 0.6) is 0 Å². The molecule has 0 aromatic carbocycles. The van der Waals surface area contributed by atoms with Gasteiger partial charge in [0.05, 0.1) is 11.5 Å². The lowest BCUT2D eigenvalue weighted by atomic mass is 9.90. The van der Waals surface area contributed by atoms with Crippen LogP contribution in [0.4, 0.5) is 0 Å². The molecule has 2 rings (SSSR count). The van der Waals surface area contributed by atoms with Gasteiger partial charge in [0.15, 0.2) is 9.84 Å². The second-order valence-corrected chi connectivity index (χ2v) is 8.58. The third kappa shape index (κ3) is 2.96. The van der Waals surface area contributed by atoms with Crippen LogP contribution in [0.2, 0.25) is 0 Å². The van der Waals surface area contributed by atoms with Crippen LogP contribution in [0.15, 0.2) is 0 Å². The van der Waals surface area contributed by atoms with Crippen LogP contribution in [0.3, 0.4) is 0 Å². The smallest absolute Gasteiger partial charge is 0.152 e. The minimum atomic E-state index is -2.94. The number of hydrogen-bond acceptors (Lipinski definition) is 5. The van der Waals surface area contributed by atoms with Crippen molar-refractivity contribution in [1.82, 2.24) is 9.80 Å². The summed E-state index contributed by atoms with van der Waals surface area (Å²) in [5.41, 5.74) is 5.66. The zero-order valence-electron chi connectivity index (χ0n) is 12.3. The summed E-state index contributed by atoms with van der Waals surface area (Å²) in [6.45, 7) is 6.66. The van der Waals surface area contributed by atoms with Crippen LogP contribution in [0, 0.1) is 0 Å². The predicted molar refractivity (Wildman–Crippen MR) is 77.9 cm³/mol. The fourth-order valence-electron chi connectivity index (χ4n) is 3.51. The lowest BCUT2D eigenvalue weighted by Crippen LogP contribution is -2.67. The lowest BCUT2D eigenvalue weighted by molar-refractivity contribution is -0.00590. The molecule has 5 nitrogen and oxygen atoms in total. The third-order valence-corrected chi connectivity index (χ3v) is 6.88. The van der Waals surface area contributed by atoms with E-state index in [1.54, 1.807) is 0 Å². The summed E-state index contributed by atoms with van der Waals surface area (Å²) in [6.07, 6.45) is 1.65. The van der Waals surface area contributed by atoms with E-state index in [0.717, 1.165) is 25.9 Å². The molecule has 0 amide bonds. The molecule has 6 heteroatoms. The van der Waals surface area contributed by atoms with Crippen LogP contribution in [-0.4, -0.2) is 74.0 Å². The standard InChI is InChI=1S/C13H27N3O2S/c1-11-7-16(8-12(2)15(11)3)13(9-14)5-4-6-19(17,18)10-13/h11-12H,4-10,14H2,1-3H3. The van der Waals surface area contributed by atoms with E-state index in [-0.39, 0.29) is 11.3 Å². The molecule has 3 atom stereocenters. The molecule has 2 heterocycles. The van der Waals surface area contributed by atoms with E-state index < -0.39 is 9.84 Å². The molecule has 0 saturated carbocycles. The van der Waals surface area contributed by atoms with Crippen molar-refractivity contribution in [3.8, 4) is 0 Å². The van der Waals surface area contributed by atoms with Gasteiger partial charge in [-0.25, -0.2) is 8.42 Å². The normalized spacial score (nSPS) is 41.3. The highest BCUT2D eigenvalue weighted by atomic mass is 32.2. The summed E-state index contributed by atoms with van der Waals surface area (Å²) < 4.78 is 24.0. The molecule has 2 saturated heterocycles. The minimum Gasteiger partial charge on any atom is -0.329 e. The van der Waals surface area contributed by atoms with Crippen molar-refractivity contribution in [3.63, 3.8) is 0 Å². The Morgan fingerprint density at radius 3 is 2.32 bits per heavy atom. The zero-order chi connectivity index (χ0) is 14.3. The number of likely N-dealkylation sites (N-methyl/N-ethyl adjacent to an activating group) is 1. The fraction of sp³-hybridized carbons (Fsp3) is 1.00. The maximum Gasteiger partial charge on any atom is 0.152 e. The van der Waals surface area contributed by atoms with Gasteiger partial charge in [0.2, 0.25) is 0 Å². The average Bonchev–Trinajstić information content (AvgIpc) is 2.34. The van der Waals surface area contributed by atoms with Crippen molar-refractivity contribution in [1.29, 1.82) is 0 Å². The van der Waals surface area contributed by atoms with Crippen LogP contribution in [0.1, 0.15) is 26.7 Å². The van der Waals surface area contributed by atoms with E-state index in [1.807, 2.05) is 0 Å². The molecule has 19 heavy (non-hydrogen) atoms. The Kier molecular flexibility index (Phi) is 4.26. The Balaban J connectivity index is 2.22. The van der Waals surface area contributed by atoms with Crippen molar-refractivity contribution in [3.05, 3.63) is 0 Å². The topological polar surface area (TPSA) is 66.6 Å². The molecular formula is C13H27N3O2S. The number of rotatable bonds is 2. The first-order valence-corrected chi connectivity index (χ1v) is 8.99. The van der Waals surface area contributed by atoms with Crippen molar-refractivity contribution < 1.29 is 8.42 Å². The highest BCUT2D eigenvalue weighted by molar-refractivity contribution is 7.91. The zero-order valence-corrected chi connectivity index (χ0v) is 13.1. The SMILES string of the molecule is CC1CN(C2(CN)CCCS(=O)(=O)C2)CC(C)N1C. The number of nitrogens with two attached hydrogens (primary N) is 1. The van der Waals surface area contributed by atoms with Crippen molar-refractivity contribution >= 4 is 9.84 Å². The molecule has 2 fully saturated rings. The van der Waals surface area contributed by atoms with Gasteiger partial charge in [-0.3, -0.25) is 9.80 Å². The van der Waals surface area contributed by atoms with Crippen molar-refractivity contribution in [2.75, 3.05) is 38.2 Å². The fourth-order valence-corrected chi connectivity index (χ4v) is 5.50. The predicted octanol–water partition coefficient (Wildman–Crippen LogP) is -0.0831. The van der Waals surface area contributed by atoms with Gasteiger partial charge in [-0.1, -0.05) is 0 Å². The Hall–Kier alpha value is -0.170. The average molecular weight is 289 g/mol. The molecular weight excluding hydrogens is 262 g/mol. The molecule has 112 valence electrons. The quantitative estimate of drug-likeness (QED) is 0.770. The highest BCUT2D eigenvalue weighted by Crippen LogP contribution is 2.31. The van der Waals surface area contributed by atoms with Crippen molar-refractivity contribution in [2.24, 2.45) is 5.73 Å². The molecule has 2 aliphatic heterocycles. The Morgan fingerprint density at radius 1 is 1.26 bits per heavy atom. The van der Waals surface area contributed by atoms with Gasteiger partial charge in [-0.15, -0.1) is 0 Å². The van der Waals surface area contributed by atoms with Crippen LogP contribution >= 0.6 is 0 Å². The summed E-state index contributed by atoms with van der Waals surface area (Å²) in [5, 5.41) is 0. The maximum atomic E-state index is 12.0. The number of hydrogen-bond donors (Lipinski definition) is 1. The molecule has 2 aliphatic rings. The summed E-state index contributed by atoms with van der Waals surface area (Å²) in [7, 11) is -0.797. The van der Waals surface area contributed by atoms with Gasteiger partial charge < -0.3 is 5.73 Å². The Labute approximate surface area is 117 Å². The molecule has 3 unspecified atom stereocenters. The first kappa shape index (κ1) is 15.2. The number of sulfone groups is 1. The van der Waals surface area contributed by atoms with Crippen LogP contribution in [0.25, 0.3) is 0 Å². The van der Waals surface area contributed by atoms with E-state index in [0.29, 0.717) is 24.4 Å². The van der Waals surface area contributed by atoms with E-state index >= 15 is 0 Å². The first-order valence-electron chi connectivity index (χ1n) is 7.17. The number of piperazine rings is 1. The van der Waals surface area contributed by atoms with Gasteiger partial charge in [0, 0.05) is 37.3 Å².